The number of likely N-dealkylation sites (tertiary alicyclic amines) is 2. The van der Waals surface area contributed by atoms with Crippen LogP contribution in [0.2, 0.25) is 0 Å². The van der Waals surface area contributed by atoms with Crippen molar-refractivity contribution in [2.75, 3.05) is 27.3 Å². The maximum atomic E-state index is 12.6. The summed E-state index contributed by atoms with van der Waals surface area (Å²) in [6.45, 7) is 1.13. The zero-order valence-electron chi connectivity index (χ0n) is 15.2. The second-order valence-corrected chi connectivity index (χ2v) is 6.64. The van der Waals surface area contributed by atoms with E-state index in [0.717, 1.165) is 5.56 Å². The molecule has 26 heavy (non-hydrogen) atoms. The van der Waals surface area contributed by atoms with E-state index < -0.39 is 0 Å². The fraction of sp³-hybridized carbons (Fsp3) is 0.526. The van der Waals surface area contributed by atoms with Crippen LogP contribution in [0, 0.1) is 0 Å². The lowest BCUT2D eigenvalue weighted by Gasteiger charge is -2.35. The van der Waals surface area contributed by atoms with Gasteiger partial charge in [-0.3, -0.25) is 19.3 Å². The Morgan fingerprint density at radius 2 is 1.65 bits per heavy atom. The van der Waals surface area contributed by atoms with Crippen molar-refractivity contribution in [2.24, 2.45) is 0 Å². The van der Waals surface area contributed by atoms with Crippen LogP contribution in [-0.4, -0.2) is 60.9 Å². The second kappa shape index (κ2) is 7.76. The molecule has 0 spiro atoms. The first-order valence-corrected chi connectivity index (χ1v) is 8.87. The predicted molar refractivity (Wildman–Crippen MR) is 93.9 cm³/mol. The summed E-state index contributed by atoms with van der Waals surface area (Å²) in [5.74, 6) is 1.11. The van der Waals surface area contributed by atoms with E-state index in [1.807, 2.05) is 12.1 Å². The van der Waals surface area contributed by atoms with E-state index in [0.29, 0.717) is 50.3 Å². The summed E-state index contributed by atoms with van der Waals surface area (Å²) in [7, 11) is 3.14. The number of methoxy groups -OCH3 is 2. The second-order valence-electron chi connectivity index (χ2n) is 6.64. The molecular weight excluding hydrogens is 336 g/mol. The number of hydrogen-bond donors (Lipinski definition) is 0. The van der Waals surface area contributed by atoms with Crippen molar-refractivity contribution in [1.29, 1.82) is 0 Å². The normalized spacial score (nSPS) is 18.4. The molecule has 7 nitrogen and oxygen atoms in total. The summed E-state index contributed by atoms with van der Waals surface area (Å²) in [6.07, 6.45) is 2.21. The van der Waals surface area contributed by atoms with E-state index in [1.54, 1.807) is 25.2 Å². The highest BCUT2D eigenvalue weighted by atomic mass is 16.5. The predicted octanol–water partition coefficient (Wildman–Crippen LogP) is 1.39. The average Bonchev–Trinajstić information content (AvgIpc) is 3.00. The zero-order valence-corrected chi connectivity index (χ0v) is 15.2. The molecule has 7 heteroatoms. The SMILES string of the molecule is COc1ccc(CC(=O)N2CCC(N3C(=O)CCC3=O)CC2)cc1OC. The van der Waals surface area contributed by atoms with Crippen molar-refractivity contribution in [3.63, 3.8) is 0 Å². The number of carbonyl (C=O) groups is 3. The Morgan fingerprint density at radius 1 is 1.04 bits per heavy atom. The Bertz CT molecular complexity index is 694. The quantitative estimate of drug-likeness (QED) is 0.742. The summed E-state index contributed by atoms with van der Waals surface area (Å²) in [5.41, 5.74) is 0.861. The third-order valence-corrected chi connectivity index (χ3v) is 5.08. The number of ether oxygens (including phenoxy) is 2. The Morgan fingerprint density at radius 3 is 2.23 bits per heavy atom. The topological polar surface area (TPSA) is 76.2 Å². The molecule has 2 aliphatic heterocycles. The van der Waals surface area contributed by atoms with Crippen molar-refractivity contribution in [2.45, 2.75) is 38.1 Å². The Kier molecular flexibility index (Phi) is 5.44. The van der Waals surface area contributed by atoms with Gasteiger partial charge in [0.1, 0.15) is 0 Å². The Labute approximate surface area is 152 Å². The number of rotatable bonds is 5. The summed E-state index contributed by atoms with van der Waals surface area (Å²) in [6, 6.07) is 5.39. The molecule has 3 rings (SSSR count). The Hall–Kier alpha value is -2.57. The minimum absolute atomic E-state index is 0.0368. The van der Waals surface area contributed by atoms with Gasteiger partial charge in [0.25, 0.3) is 0 Å². The number of hydrogen-bond acceptors (Lipinski definition) is 5. The van der Waals surface area contributed by atoms with Crippen LogP contribution in [0.3, 0.4) is 0 Å². The molecule has 1 aromatic rings. The maximum absolute atomic E-state index is 12.6. The van der Waals surface area contributed by atoms with Gasteiger partial charge < -0.3 is 14.4 Å². The molecule has 2 aliphatic rings. The molecular formula is C19H24N2O5. The molecule has 1 aromatic carbocycles. The summed E-state index contributed by atoms with van der Waals surface area (Å²) in [4.78, 5) is 39.5. The van der Waals surface area contributed by atoms with Crippen LogP contribution in [0.1, 0.15) is 31.2 Å². The van der Waals surface area contributed by atoms with Crippen LogP contribution in [0.4, 0.5) is 0 Å². The van der Waals surface area contributed by atoms with Crippen LogP contribution in [0.15, 0.2) is 18.2 Å². The van der Waals surface area contributed by atoms with Crippen LogP contribution in [0.5, 0.6) is 11.5 Å². The van der Waals surface area contributed by atoms with Gasteiger partial charge in [-0.1, -0.05) is 6.07 Å². The highest BCUT2D eigenvalue weighted by Crippen LogP contribution is 2.28. The number of amides is 3. The van der Waals surface area contributed by atoms with Gasteiger partial charge in [0.05, 0.1) is 20.6 Å². The van der Waals surface area contributed by atoms with Crippen molar-refractivity contribution in [3.8, 4) is 11.5 Å². The molecule has 3 amide bonds. The molecule has 2 saturated heterocycles. The lowest BCUT2D eigenvalue weighted by Crippen LogP contribution is -2.48. The maximum Gasteiger partial charge on any atom is 0.229 e. The number of piperidine rings is 1. The molecule has 0 bridgehead atoms. The van der Waals surface area contributed by atoms with Gasteiger partial charge >= 0.3 is 0 Å². The lowest BCUT2D eigenvalue weighted by atomic mass is 10.0. The average molecular weight is 360 g/mol. The van der Waals surface area contributed by atoms with Crippen LogP contribution < -0.4 is 9.47 Å². The minimum Gasteiger partial charge on any atom is -0.493 e. The largest absolute Gasteiger partial charge is 0.493 e. The van der Waals surface area contributed by atoms with Gasteiger partial charge in [-0.15, -0.1) is 0 Å². The molecule has 2 fully saturated rings. The molecule has 140 valence electrons. The Balaban J connectivity index is 1.57. The molecule has 0 unspecified atom stereocenters. The molecule has 0 atom stereocenters. The third kappa shape index (κ3) is 3.66. The highest BCUT2D eigenvalue weighted by Gasteiger charge is 2.37. The molecule has 2 heterocycles. The fourth-order valence-corrected chi connectivity index (χ4v) is 3.65. The van der Waals surface area contributed by atoms with Crippen molar-refractivity contribution >= 4 is 17.7 Å². The van der Waals surface area contributed by atoms with E-state index >= 15 is 0 Å². The molecule has 0 aromatic heterocycles. The number of imide groups is 1. The highest BCUT2D eigenvalue weighted by molar-refractivity contribution is 6.02. The van der Waals surface area contributed by atoms with Crippen LogP contribution in [-0.2, 0) is 20.8 Å². The van der Waals surface area contributed by atoms with E-state index in [-0.39, 0.29) is 30.2 Å². The summed E-state index contributed by atoms with van der Waals surface area (Å²) in [5, 5.41) is 0. The smallest absolute Gasteiger partial charge is 0.229 e. The first-order chi connectivity index (χ1) is 12.5. The number of benzene rings is 1. The summed E-state index contributed by atoms with van der Waals surface area (Å²) < 4.78 is 10.5. The molecule has 0 saturated carbocycles. The van der Waals surface area contributed by atoms with Gasteiger partial charge in [-0.25, -0.2) is 0 Å². The van der Waals surface area contributed by atoms with E-state index in [4.69, 9.17) is 9.47 Å². The fourth-order valence-electron chi connectivity index (χ4n) is 3.65. The monoisotopic (exact) mass is 360 g/mol. The first-order valence-electron chi connectivity index (χ1n) is 8.87. The van der Waals surface area contributed by atoms with E-state index in [2.05, 4.69) is 0 Å². The van der Waals surface area contributed by atoms with Gasteiger partial charge in [0, 0.05) is 32.0 Å². The van der Waals surface area contributed by atoms with Crippen LogP contribution >= 0.6 is 0 Å². The number of carbonyl (C=O) groups excluding carboxylic acids is 3. The lowest BCUT2D eigenvalue weighted by molar-refractivity contribution is -0.142. The van der Waals surface area contributed by atoms with Crippen molar-refractivity contribution < 1.29 is 23.9 Å². The van der Waals surface area contributed by atoms with E-state index in [9.17, 15) is 14.4 Å². The number of nitrogens with zero attached hydrogens (tertiary/aromatic N) is 2. The zero-order chi connectivity index (χ0) is 18.7. The van der Waals surface area contributed by atoms with Crippen molar-refractivity contribution in [1.82, 2.24) is 9.80 Å². The van der Waals surface area contributed by atoms with E-state index in [1.165, 1.54) is 4.90 Å². The van der Waals surface area contributed by atoms with Gasteiger partial charge in [-0.05, 0) is 30.5 Å². The minimum atomic E-state index is -0.0786. The third-order valence-electron chi connectivity index (χ3n) is 5.08. The standard InChI is InChI=1S/C19H24N2O5/c1-25-15-4-3-13(11-16(15)26-2)12-19(24)20-9-7-14(8-10-20)21-17(22)5-6-18(21)23/h3-4,11,14H,5-10,12H2,1-2H3. The van der Waals surface area contributed by atoms with Crippen LogP contribution in [0.25, 0.3) is 0 Å². The van der Waals surface area contributed by atoms with Gasteiger partial charge in [-0.2, -0.15) is 0 Å². The first kappa shape index (κ1) is 18.2. The van der Waals surface area contributed by atoms with Gasteiger partial charge in [0.2, 0.25) is 17.7 Å². The van der Waals surface area contributed by atoms with Crippen molar-refractivity contribution in [3.05, 3.63) is 23.8 Å². The molecule has 0 radical (unpaired) electrons. The molecule has 0 N–H and O–H groups in total. The van der Waals surface area contributed by atoms with Gasteiger partial charge in [0.15, 0.2) is 11.5 Å². The molecule has 0 aliphatic carbocycles. The summed E-state index contributed by atoms with van der Waals surface area (Å²) >= 11 is 0.